The predicted octanol–water partition coefficient (Wildman–Crippen LogP) is 2.25. The first-order valence-corrected chi connectivity index (χ1v) is 7.15. The van der Waals surface area contributed by atoms with E-state index in [1.807, 2.05) is 17.9 Å². The Labute approximate surface area is 119 Å². The molecule has 3 rings (SSSR count). The standard InChI is InChI=1S/C16H21N3O/c1-19-12(8-11-18-19)6-7-15-13-4-3-5-16(20-2)14(13)9-10-17-15/h3-5,8,11,15,17H,6-7,9-10H2,1-2H3. The third-order valence-corrected chi connectivity index (χ3v) is 4.14. The third kappa shape index (κ3) is 2.43. The predicted molar refractivity (Wildman–Crippen MR) is 79.0 cm³/mol. The van der Waals surface area contributed by atoms with Crippen molar-refractivity contribution in [3.05, 3.63) is 47.3 Å². The number of hydrogen-bond acceptors (Lipinski definition) is 3. The van der Waals surface area contributed by atoms with E-state index in [1.165, 1.54) is 16.8 Å². The summed E-state index contributed by atoms with van der Waals surface area (Å²) < 4.78 is 7.44. The summed E-state index contributed by atoms with van der Waals surface area (Å²) in [4.78, 5) is 0. The zero-order chi connectivity index (χ0) is 13.9. The molecule has 1 unspecified atom stereocenters. The molecule has 0 saturated carbocycles. The number of nitrogens with zero attached hydrogens (tertiary/aromatic N) is 2. The molecule has 1 atom stereocenters. The van der Waals surface area contributed by atoms with Gasteiger partial charge in [-0.3, -0.25) is 4.68 Å². The van der Waals surface area contributed by atoms with Crippen molar-refractivity contribution in [3.63, 3.8) is 0 Å². The Morgan fingerprint density at radius 2 is 2.30 bits per heavy atom. The van der Waals surface area contributed by atoms with E-state index in [-0.39, 0.29) is 0 Å². The molecule has 1 aliphatic heterocycles. The second-order valence-electron chi connectivity index (χ2n) is 5.27. The fourth-order valence-corrected chi connectivity index (χ4v) is 3.05. The maximum absolute atomic E-state index is 5.49. The normalized spacial score (nSPS) is 17.8. The van der Waals surface area contributed by atoms with E-state index >= 15 is 0 Å². The molecule has 1 aromatic heterocycles. The molecule has 0 saturated heterocycles. The van der Waals surface area contributed by atoms with E-state index in [0.29, 0.717) is 6.04 Å². The first-order chi connectivity index (χ1) is 9.79. The minimum Gasteiger partial charge on any atom is -0.496 e. The molecule has 1 N–H and O–H groups in total. The summed E-state index contributed by atoms with van der Waals surface area (Å²) in [7, 11) is 3.75. The number of fused-ring (bicyclic) bond motifs is 1. The van der Waals surface area contributed by atoms with Gasteiger partial charge in [0.2, 0.25) is 0 Å². The fourth-order valence-electron chi connectivity index (χ4n) is 3.05. The van der Waals surface area contributed by atoms with Crippen molar-refractivity contribution in [1.82, 2.24) is 15.1 Å². The molecule has 0 aliphatic carbocycles. The topological polar surface area (TPSA) is 39.1 Å². The molecule has 0 radical (unpaired) electrons. The summed E-state index contributed by atoms with van der Waals surface area (Å²) in [5.74, 6) is 1.02. The Bertz CT molecular complexity index is 591. The zero-order valence-corrected chi connectivity index (χ0v) is 12.1. The van der Waals surface area contributed by atoms with Gasteiger partial charge >= 0.3 is 0 Å². The molecule has 1 aliphatic rings. The highest BCUT2D eigenvalue weighted by Gasteiger charge is 2.22. The van der Waals surface area contributed by atoms with Gasteiger partial charge in [0.25, 0.3) is 0 Å². The van der Waals surface area contributed by atoms with Gasteiger partial charge in [-0.2, -0.15) is 5.10 Å². The van der Waals surface area contributed by atoms with Crippen LogP contribution in [0.1, 0.15) is 29.3 Å². The van der Waals surface area contributed by atoms with Crippen LogP contribution in [0.25, 0.3) is 0 Å². The van der Waals surface area contributed by atoms with Crippen molar-refractivity contribution in [2.24, 2.45) is 7.05 Å². The summed E-state index contributed by atoms with van der Waals surface area (Å²) in [6, 6.07) is 8.86. The fraction of sp³-hybridized carbons (Fsp3) is 0.438. The number of aryl methyl sites for hydroxylation is 2. The molecule has 1 aromatic carbocycles. The monoisotopic (exact) mass is 271 g/mol. The lowest BCUT2D eigenvalue weighted by Gasteiger charge is -2.28. The molecular weight excluding hydrogens is 250 g/mol. The molecule has 4 nitrogen and oxygen atoms in total. The molecule has 4 heteroatoms. The molecule has 0 amide bonds. The highest BCUT2D eigenvalue weighted by Crippen LogP contribution is 2.32. The van der Waals surface area contributed by atoms with Crippen LogP contribution in [0, 0.1) is 0 Å². The van der Waals surface area contributed by atoms with Crippen LogP contribution in [0.5, 0.6) is 5.75 Å². The van der Waals surface area contributed by atoms with Crippen LogP contribution < -0.4 is 10.1 Å². The Hall–Kier alpha value is -1.81. The van der Waals surface area contributed by atoms with Gasteiger partial charge in [0.1, 0.15) is 5.75 Å². The van der Waals surface area contributed by atoms with Crippen LogP contribution in [0.3, 0.4) is 0 Å². The van der Waals surface area contributed by atoms with Crippen LogP contribution >= 0.6 is 0 Å². The first-order valence-electron chi connectivity index (χ1n) is 7.15. The smallest absolute Gasteiger partial charge is 0.122 e. The summed E-state index contributed by atoms with van der Waals surface area (Å²) in [5.41, 5.74) is 4.03. The van der Waals surface area contributed by atoms with E-state index in [1.54, 1.807) is 7.11 Å². The second-order valence-corrected chi connectivity index (χ2v) is 5.27. The van der Waals surface area contributed by atoms with E-state index in [2.05, 4.69) is 34.7 Å². The summed E-state index contributed by atoms with van der Waals surface area (Å²) >= 11 is 0. The lowest BCUT2D eigenvalue weighted by Crippen LogP contribution is -2.30. The molecule has 2 aromatic rings. The number of ether oxygens (including phenoxy) is 1. The lowest BCUT2D eigenvalue weighted by molar-refractivity contribution is 0.397. The van der Waals surface area contributed by atoms with Gasteiger partial charge in [-0.15, -0.1) is 0 Å². The number of hydrogen-bond donors (Lipinski definition) is 1. The van der Waals surface area contributed by atoms with Crippen molar-refractivity contribution in [2.75, 3.05) is 13.7 Å². The van der Waals surface area contributed by atoms with Gasteiger partial charge in [-0.05, 0) is 43.5 Å². The second kappa shape index (κ2) is 5.67. The van der Waals surface area contributed by atoms with Crippen molar-refractivity contribution in [1.29, 1.82) is 0 Å². The van der Waals surface area contributed by atoms with E-state index < -0.39 is 0 Å². The SMILES string of the molecule is COc1cccc2c1CCNC2CCc1ccnn1C. The molecular formula is C16H21N3O. The number of aromatic nitrogens is 2. The molecule has 0 bridgehead atoms. The molecule has 0 fully saturated rings. The first kappa shape index (κ1) is 13.2. The average Bonchev–Trinajstić information content (AvgIpc) is 2.89. The van der Waals surface area contributed by atoms with E-state index in [0.717, 1.165) is 31.6 Å². The minimum absolute atomic E-state index is 0.406. The largest absolute Gasteiger partial charge is 0.496 e. The Morgan fingerprint density at radius 3 is 3.05 bits per heavy atom. The third-order valence-electron chi connectivity index (χ3n) is 4.14. The molecule has 106 valence electrons. The molecule has 0 spiro atoms. The Balaban J connectivity index is 1.78. The molecule has 2 heterocycles. The van der Waals surface area contributed by atoms with Crippen LogP contribution in [-0.4, -0.2) is 23.4 Å². The van der Waals surface area contributed by atoms with Gasteiger partial charge in [0.05, 0.1) is 7.11 Å². The van der Waals surface area contributed by atoms with Crippen LogP contribution in [0.4, 0.5) is 0 Å². The average molecular weight is 271 g/mol. The van der Waals surface area contributed by atoms with Gasteiger partial charge in [-0.1, -0.05) is 12.1 Å². The summed E-state index contributed by atoms with van der Waals surface area (Å²) in [5, 5.41) is 7.85. The highest BCUT2D eigenvalue weighted by molar-refractivity contribution is 5.43. The van der Waals surface area contributed by atoms with Crippen LogP contribution in [0.2, 0.25) is 0 Å². The lowest BCUT2D eigenvalue weighted by atomic mass is 9.90. The Kier molecular flexibility index (Phi) is 3.74. The number of rotatable bonds is 4. The van der Waals surface area contributed by atoms with Crippen molar-refractivity contribution in [2.45, 2.75) is 25.3 Å². The maximum Gasteiger partial charge on any atom is 0.122 e. The minimum atomic E-state index is 0.406. The maximum atomic E-state index is 5.49. The van der Waals surface area contributed by atoms with E-state index in [9.17, 15) is 0 Å². The van der Waals surface area contributed by atoms with Crippen molar-refractivity contribution in [3.8, 4) is 5.75 Å². The van der Waals surface area contributed by atoms with E-state index in [4.69, 9.17) is 4.74 Å². The van der Waals surface area contributed by atoms with Gasteiger partial charge in [0.15, 0.2) is 0 Å². The quantitative estimate of drug-likeness (QED) is 0.927. The Morgan fingerprint density at radius 1 is 1.40 bits per heavy atom. The van der Waals surface area contributed by atoms with Crippen LogP contribution in [-0.2, 0) is 19.9 Å². The van der Waals surface area contributed by atoms with Gasteiger partial charge in [-0.25, -0.2) is 0 Å². The van der Waals surface area contributed by atoms with Crippen LogP contribution in [0.15, 0.2) is 30.5 Å². The van der Waals surface area contributed by atoms with Crippen molar-refractivity contribution >= 4 is 0 Å². The summed E-state index contributed by atoms with van der Waals surface area (Å²) in [6.45, 7) is 1.02. The number of nitrogens with one attached hydrogen (secondary N) is 1. The van der Waals surface area contributed by atoms with Gasteiger partial charge in [0, 0.05) is 30.5 Å². The number of benzene rings is 1. The van der Waals surface area contributed by atoms with Gasteiger partial charge < -0.3 is 10.1 Å². The van der Waals surface area contributed by atoms with Crippen molar-refractivity contribution < 1.29 is 4.74 Å². The highest BCUT2D eigenvalue weighted by atomic mass is 16.5. The summed E-state index contributed by atoms with van der Waals surface area (Å²) in [6.07, 6.45) is 5.02. The number of methoxy groups -OCH3 is 1. The zero-order valence-electron chi connectivity index (χ0n) is 12.1. The molecule has 20 heavy (non-hydrogen) atoms.